The molecule has 40 heavy (non-hydrogen) atoms. The SMILES string of the molecule is Cc1ccccc1N(CC(=O)N(Cc1c(Cl)cccc1Cl)C(C)C(=O)NC1CCCC1)S(=O)(=O)c1ccccc1. The van der Waals surface area contributed by atoms with Crippen LogP contribution in [0.15, 0.2) is 77.7 Å². The van der Waals surface area contributed by atoms with Gasteiger partial charge in [0.15, 0.2) is 0 Å². The number of benzene rings is 3. The smallest absolute Gasteiger partial charge is 0.264 e. The van der Waals surface area contributed by atoms with E-state index in [4.69, 9.17) is 23.2 Å². The first-order valence-electron chi connectivity index (χ1n) is 13.3. The van der Waals surface area contributed by atoms with Crippen LogP contribution in [0.2, 0.25) is 10.0 Å². The van der Waals surface area contributed by atoms with Gasteiger partial charge in [-0.2, -0.15) is 0 Å². The molecule has 212 valence electrons. The highest BCUT2D eigenvalue weighted by atomic mass is 35.5. The Labute approximate surface area is 246 Å². The fourth-order valence-electron chi connectivity index (χ4n) is 4.90. The normalized spacial score (nSPS) is 14.5. The van der Waals surface area contributed by atoms with Crippen molar-refractivity contribution in [3.8, 4) is 0 Å². The number of nitrogens with zero attached hydrogens (tertiary/aromatic N) is 2. The van der Waals surface area contributed by atoms with Gasteiger partial charge in [0.25, 0.3) is 10.0 Å². The van der Waals surface area contributed by atoms with E-state index in [1.807, 2.05) is 0 Å². The Morgan fingerprint density at radius 3 is 2.15 bits per heavy atom. The van der Waals surface area contributed by atoms with Gasteiger partial charge in [-0.3, -0.25) is 13.9 Å². The molecule has 3 aromatic carbocycles. The molecule has 0 spiro atoms. The van der Waals surface area contributed by atoms with Gasteiger partial charge in [-0.15, -0.1) is 0 Å². The van der Waals surface area contributed by atoms with Crippen LogP contribution in [0.25, 0.3) is 0 Å². The number of aryl methyl sites for hydroxylation is 1. The molecule has 3 aromatic rings. The van der Waals surface area contributed by atoms with Crippen molar-refractivity contribution in [3.05, 3.63) is 94.0 Å². The van der Waals surface area contributed by atoms with Crippen LogP contribution in [0.1, 0.15) is 43.7 Å². The lowest BCUT2D eigenvalue weighted by Crippen LogP contribution is -2.52. The number of hydrogen-bond acceptors (Lipinski definition) is 4. The summed E-state index contributed by atoms with van der Waals surface area (Å²) in [6.45, 7) is 2.83. The van der Waals surface area contributed by atoms with Crippen LogP contribution < -0.4 is 9.62 Å². The average Bonchev–Trinajstić information content (AvgIpc) is 3.45. The van der Waals surface area contributed by atoms with Crippen molar-refractivity contribution in [2.24, 2.45) is 0 Å². The highest BCUT2D eigenvalue weighted by Crippen LogP contribution is 2.29. The largest absolute Gasteiger partial charge is 0.352 e. The molecule has 4 rings (SSSR count). The summed E-state index contributed by atoms with van der Waals surface area (Å²) >= 11 is 12.9. The predicted molar refractivity (Wildman–Crippen MR) is 159 cm³/mol. The van der Waals surface area contributed by atoms with Crippen LogP contribution in [0.4, 0.5) is 5.69 Å². The van der Waals surface area contributed by atoms with Gasteiger partial charge in [-0.05, 0) is 62.6 Å². The van der Waals surface area contributed by atoms with E-state index in [9.17, 15) is 18.0 Å². The van der Waals surface area contributed by atoms with Crippen molar-refractivity contribution in [3.63, 3.8) is 0 Å². The number of nitrogens with one attached hydrogen (secondary N) is 1. The molecule has 0 heterocycles. The lowest BCUT2D eigenvalue weighted by molar-refractivity contribution is -0.139. The van der Waals surface area contributed by atoms with Crippen molar-refractivity contribution in [2.75, 3.05) is 10.8 Å². The van der Waals surface area contributed by atoms with E-state index in [0.29, 0.717) is 26.9 Å². The van der Waals surface area contributed by atoms with Crippen LogP contribution in [0, 0.1) is 6.92 Å². The minimum absolute atomic E-state index is 0.0535. The molecule has 1 aliphatic rings. The van der Waals surface area contributed by atoms with Gasteiger partial charge in [0.05, 0.1) is 10.6 Å². The Morgan fingerprint density at radius 1 is 0.925 bits per heavy atom. The molecular formula is C30H33Cl2N3O4S. The van der Waals surface area contributed by atoms with Crippen molar-refractivity contribution in [2.45, 2.75) is 63.1 Å². The Hall–Kier alpha value is -3.07. The molecule has 0 aromatic heterocycles. The molecule has 0 aliphatic heterocycles. The molecule has 1 aliphatic carbocycles. The number of carbonyl (C=O) groups is 2. The van der Waals surface area contributed by atoms with Crippen LogP contribution in [0.3, 0.4) is 0 Å². The van der Waals surface area contributed by atoms with E-state index in [2.05, 4.69) is 5.32 Å². The van der Waals surface area contributed by atoms with E-state index in [0.717, 1.165) is 30.0 Å². The molecule has 2 amide bonds. The van der Waals surface area contributed by atoms with Gasteiger partial charge in [0.2, 0.25) is 11.8 Å². The fourth-order valence-corrected chi connectivity index (χ4v) is 6.92. The summed E-state index contributed by atoms with van der Waals surface area (Å²) in [6, 6.07) is 19.1. The molecule has 0 saturated heterocycles. The van der Waals surface area contributed by atoms with Crippen LogP contribution in [0.5, 0.6) is 0 Å². The third-order valence-corrected chi connectivity index (χ3v) is 9.74. The first-order valence-corrected chi connectivity index (χ1v) is 15.5. The number of para-hydroxylation sites is 1. The van der Waals surface area contributed by atoms with Crippen LogP contribution >= 0.6 is 23.2 Å². The average molecular weight is 603 g/mol. The maximum absolute atomic E-state index is 14.1. The number of hydrogen-bond donors (Lipinski definition) is 1. The number of anilines is 1. The Kier molecular flexibility index (Phi) is 9.77. The molecule has 10 heteroatoms. The van der Waals surface area contributed by atoms with E-state index >= 15 is 0 Å². The molecule has 1 atom stereocenters. The van der Waals surface area contributed by atoms with Crippen LogP contribution in [-0.4, -0.2) is 43.8 Å². The van der Waals surface area contributed by atoms with E-state index in [-0.39, 0.29) is 23.4 Å². The molecule has 1 fully saturated rings. The molecule has 0 radical (unpaired) electrons. The second kappa shape index (κ2) is 13.1. The summed E-state index contributed by atoms with van der Waals surface area (Å²) in [5.41, 5.74) is 1.54. The molecular weight excluding hydrogens is 569 g/mol. The van der Waals surface area contributed by atoms with Crippen molar-refractivity contribution in [1.82, 2.24) is 10.2 Å². The van der Waals surface area contributed by atoms with Gasteiger partial charge in [0.1, 0.15) is 12.6 Å². The summed E-state index contributed by atoms with van der Waals surface area (Å²) < 4.78 is 28.9. The number of amides is 2. The van der Waals surface area contributed by atoms with Crippen molar-refractivity contribution < 1.29 is 18.0 Å². The number of sulfonamides is 1. The maximum Gasteiger partial charge on any atom is 0.264 e. The lowest BCUT2D eigenvalue weighted by atomic mass is 10.1. The lowest BCUT2D eigenvalue weighted by Gasteiger charge is -2.33. The van der Waals surface area contributed by atoms with Gasteiger partial charge < -0.3 is 10.2 Å². The zero-order chi connectivity index (χ0) is 28.9. The Bertz CT molecular complexity index is 1440. The molecule has 1 N–H and O–H groups in total. The van der Waals surface area contributed by atoms with Gasteiger partial charge in [0, 0.05) is 28.2 Å². The second-order valence-corrected chi connectivity index (χ2v) is 12.7. The molecule has 1 unspecified atom stereocenters. The van der Waals surface area contributed by atoms with Gasteiger partial charge in [-0.1, -0.05) is 78.5 Å². The predicted octanol–water partition coefficient (Wildman–Crippen LogP) is 5.97. The van der Waals surface area contributed by atoms with E-state index in [1.165, 1.54) is 17.0 Å². The number of carbonyl (C=O) groups excluding carboxylic acids is 2. The quantitative estimate of drug-likeness (QED) is 0.310. The Balaban J connectivity index is 1.72. The zero-order valence-electron chi connectivity index (χ0n) is 22.5. The van der Waals surface area contributed by atoms with Crippen molar-refractivity contribution in [1.29, 1.82) is 0 Å². The monoisotopic (exact) mass is 601 g/mol. The standard InChI is InChI=1S/C30H33Cl2N3O4S/c1-21-11-6-9-18-28(21)35(40(38,39)24-14-4-3-5-15-24)20-29(36)34(19-25-26(31)16-10-17-27(25)32)22(2)30(37)33-23-12-7-8-13-23/h3-6,9-11,14-18,22-23H,7-8,12-13,19-20H2,1-2H3,(H,33,37). The van der Waals surface area contributed by atoms with Crippen molar-refractivity contribution >= 4 is 50.7 Å². The third-order valence-electron chi connectivity index (χ3n) is 7.25. The summed E-state index contributed by atoms with van der Waals surface area (Å²) in [5.74, 6) is -0.871. The summed E-state index contributed by atoms with van der Waals surface area (Å²) in [7, 11) is -4.13. The molecule has 1 saturated carbocycles. The zero-order valence-corrected chi connectivity index (χ0v) is 24.8. The van der Waals surface area contributed by atoms with Gasteiger partial charge >= 0.3 is 0 Å². The maximum atomic E-state index is 14.1. The highest BCUT2D eigenvalue weighted by molar-refractivity contribution is 7.92. The van der Waals surface area contributed by atoms with E-state index in [1.54, 1.807) is 74.5 Å². The number of halogens is 2. The molecule has 0 bridgehead atoms. The summed E-state index contributed by atoms with van der Waals surface area (Å²) in [6.07, 6.45) is 3.86. The second-order valence-electron chi connectivity index (χ2n) is 10.00. The topological polar surface area (TPSA) is 86.8 Å². The molecule has 7 nitrogen and oxygen atoms in total. The third kappa shape index (κ3) is 6.79. The van der Waals surface area contributed by atoms with E-state index < -0.39 is 28.5 Å². The number of rotatable bonds is 10. The van der Waals surface area contributed by atoms with Gasteiger partial charge in [-0.25, -0.2) is 8.42 Å². The minimum Gasteiger partial charge on any atom is -0.352 e. The first-order chi connectivity index (χ1) is 19.1. The summed E-state index contributed by atoms with van der Waals surface area (Å²) in [5, 5.41) is 3.75. The van der Waals surface area contributed by atoms with Crippen LogP contribution in [-0.2, 0) is 26.2 Å². The summed E-state index contributed by atoms with van der Waals surface area (Å²) in [4.78, 5) is 28.8. The fraction of sp³-hybridized carbons (Fsp3) is 0.333. The minimum atomic E-state index is -4.13. The highest BCUT2D eigenvalue weighted by Gasteiger charge is 2.34. The Morgan fingerprint density at radius 2 is 1.52 bits per heavy atom. The first kappa shape index (κ1) is 29.9.